The van der Waals surface area contributed by atoms with E-state index in [9.17, 15) is 9.00 Å². The van der Waals surface area contributed by atoms with Crippen LogP contribution in [-0.4, -0.2) is 34.2 Å². The van der Waals surface area contributed by atoms with Crippen molar-refractivity contribution < 1.29 is 9.00 Å². The fraction of sp³-hybridized carbons (Fsp3) is 0.909. The lowest BCUT2D eigenvalue weighted by Gasteiger charge is -2.15. The first-order chi connectivity index (χ1) is 7.38. The molecule has 0 heterocycles. The molecule has 3 N–H and O–H groups in total. The van der Waals surface area contributed by atoms with Crippen molar-refractivity contribution in [1.82, 2.24) is 5.32 Å². The summed E-state index contributed by atoms with van der Waals surface area (Å²) in [5.41, 5.74) is 5.46. The first-order valence-electron chi connectivity index (χ1n) is 5.73. The normalized spacial score (nSPS) is 16.9. The molecule has 1 amide bonds. The molecule has 0 saturated heterocycles. The third-order valence-corrected chi connectivity index (χ3v) is 4.20. The Hall–Kier alpha value is -0.420. The van der Waals surface area contributed by atoms with Gasteiger partial charge in [0.25, 0.3) is 0 Å². The highest BCUT2D eigenvalue weighted by atomic mass is 32.2. The van der Waals surface area contributed by atoms with Gasteiger partial charge in [-0.05, 0) is 25.3 Å². The van der Waals surface area contributed by atoms with Crippen LogP contribution in [0.25, 0.3) is 0 Å². The van der Waals surface area contributed by atoms with Gasteiger partial charge in [0.05, 0.1) is 0 Å². The molecule has 0 fully saturated rings. The number of carbonyl (C=O) groups excluding carboxylic acids is 1. The van der Waals surface area contributed by atoms with E-state index >= 15 is 0 Å². The molecule has 0 spiro atoms. The van der Waals surface area contributed by atoms with Gasteiger partial charge in [-0.2, -0.15) is 0 Å². The summed E-state index contributed by atoms with van der Waals surface area (Å²) < 4.78 is 11.8. The van der Waals surface area contributed by atoms with E-state index in [1.54, 1.807) is 6.92 Å². The van der Waals surface area contributed by atoms with Crippen LogP contribution >= 0.6 is 0 Å². The largest absolute Gasteiger partial charge is 0.355 e. The molecule has 96 valence electrons. The Labute approximate surface area is 101 Å². The third kappa shape index (κ3) is 6.23. The molecule has 3 unspecified atom stereocenters. The molecule has 0 aliphatic heterocycles. The van der Waals surface area contributed by atoms with Gasteiger partial charge in [-0.15, -0.1) is 0 Å². The SMILES string of the molecule is CC(C)CNC(=O)C(C)S(=O)CC(C)CN. The monoisotopic (exact) mass is 248 g/mol. The molecular weight excluding hydrogens is 224 g/mol. The third-order valence-electron chi connectivity index (χ3n) is 2.30. The van der Waals surface area contributed by atoms with Crippen LogP contribution in [0.4, 0.5) is 0 Å². The molecule has 0 aromatic carbocycles. The highest BCUT2D eigenvalue weighted by Crippen LogP contribution is 2.03. The van der Waals surface area contributed by atoms with E-state index in [2.05, 4.69) is 5.32 Å². The molecule has 0 saturated carbocycles. The molecule has 5 heteroatoms. The van der Waals surface area contributed by atoms with Crippen molar-refractivity contribution in [1.29, 1.82) is 0 Å². The Balaban J connectivity index is 4.06. The zero-order chi connectivity index (χ0) is 12.7. The van der Waals surface area contributed by atoms with Crippen molar-refractivity contribution in [2.24, 2.45) is 17.6 Å². The van der Waals surface area contributed by atoms with E-state index < -0.39 is 16.0 Å². The van der Waals surface area contributed by atoms with E-state index in [0.29, 0.717) is 24.8 Å². The lowest BCUT2D eigenvalue weighted by Crippen LogP contribution is -2.39. The maximum atomic E-state index is 11.8. The quantitative estimate of drug-likeness (QED) is 0.689. The molecule has 0 radical (unpaired) electrons. The second-order valence-electron chi connectivity index (χ2n) is 4.67. The van der Waals surface area contributed by atoms with E-state index in [0.717, 1.165) is 0 Å². The predicted molar refractivity (Wildman–Crippen MR) is 68.5 cm³/mol. The Morgan fingerprint density at radius 1 is 1.31 bits per heavy atom. The summed E-state index contributed by atoms with van der Waals surface area (Å²) in [6.07, 6.45) is 0. The first-order valence-corrected chi connectivity index (χ1v) is 7.11. The lowest BCUT2D eigenvalue weighted by molar-refractivity contribution is -0.120. The van der Waals surface area contributed by atoms with Crippen molar-refractivity contribution in [2.75, 3.05) is 18.8 Å². The van der Waals surface area contributed by atoms with E-state index in [-0.39, 0.29) is 11.8 Å². The molecule has 16 heavy (non-hydrogen) atoms. The number of hydrogen-bond donors (Lipinski definition) is 2. The molecular formula is C11H24N2O2S. The van der Waals surface area contributed by atoms with E-state index in [4.69, 9.17) is 5.73 Å². The van der Waals surface area contributed by atoms with Crippen LogP contribution in [0.3, 0.4) is 0 Å². The van der Waals surface area contributed by atoms with Gasteiger partial charge >= 0.3 is 0 Å². The number of amides is 1. The molecule has 3 atom stereocenters. The second-order valence-corrected chi connectivity index (χ2v) is 6.47. The molecule has 0 aliphatic rings. The van der Waals surface area contributed by atoms with Crippen LogP contribution in [0.2, 0.25) is 0 Å². The lowest BCUT2D eigenvalue weighted by atomic mass is 10.2. The minimum atomic E-state index is -1.13. The minimum Gasteiger partial charge on any atom is -0.355 e. The van der Waals surface area contributed by atoms with Crippen LogP contribution in [-0.2, 0) is 15.6 Å². The molecule has 0 rings (SSSR count). The first kappa shape index (κ1) is 15.6. The Morgan fingerprint density at radius 3 is 2.31 bits per heavy atom. The average molecular weight is 248 g/mol. The van der Waals surface area contributed by atoms with Gasteiger partial charge in [0, 0.05) is 23.1 Å². The summed E-state index contributed by atoms with van der Waals surface area (Å²) in [4.78, 5) is 11.6. The summed E-state index contributed by atoms with van der Waals surface area (Å²) in [5.74, 6) is 0.970. The van der Waals surface area contributed by atoms with Gasteiger partial charge in [-0.25, -0.2) is 0 Å². The van der Waals surface area contributed by atoms with E-state index in [1.807, 2.05) is 20.8 Å². The molecule has 0 aromatic rings. The molecule has 0 aliphatic carbocycles. The maximum Gasteiger partial charge on any atom is 0.235 e. The Bertz CT molecular complexity index is 244. The number of nitrogens with two attached hydrogens (primary N) is 1. The minimum absolute atomic E-state index is 0.128. The van der Waals surface area contributed by atoms with Crippen LogP contribution < -0.4 is 11.1 Å². The zero-order valence-electron chi connectivity index (χ0n) is 10.7. The summed E-state index contributed by atoms with van der Waals surface area (Å²) in [6.45, 7) is 8.83. The maximum absolute atomic E-state index is 11.8. The fourth-order valence-electron chi connectivity index (χ4n) is 1.06. The number of nitrogens with one attached hydrogen (secondary N) is 1. The topological polar surface area (TPSA) is 72.2 Å². The average Bonchev–Trinajstić information content (AvgIpc) is 2.24. The summed E-state index contributed by atoms with van der Waals surface area (Å²) in [7, 11) is -1.13. The van der Waals surface area contributed by atoms with Crippen molar-refractivity contribution in [3.8, 4) is 0 Å². The van der Waals surface area contributed by atoms with Crippen LogP contribution in [0.15, 0.2) is 0 Å². The Kier molecular flexibility index (Phi) is 7.58. The van der Waals surface area contributed by atoms with E-state index in [1.165, 1.54) is 0 Å². The van der Waals surface area contributed by atoms with Gasteiger partial charge < -0.3 is 11.1 Å². The van der Waals surface area contributed by atoms with Crippen molar-refractivity contribution in [3.05, 3.63) is 0 Å². The second kappa shape index (κ2) is 7.79. The van der Waals surface area contributed by atoms with Gasteiger partial charge in [0.1, 0.15) is 5.25 Å². The number of rotatable bonds is 7. The van der Waals surface area contributed by atoms with Crippen LogP contribution in [0.1, 0.15) is 27.7 Å². The highest BCUT2D eigenvalue weighted by Gasteiger charge is 2.20. The summed E-state index contributed by atoms with van der Waals surface area (Å²) in [5, 5.41) is 2.34. The number of carbonyl (C=O) groups is 1. The zero-order valence-corrected chi connectivity index (χ0v) is 11.5. The van der Waals surface area contributed by atoms with Crippen molar-refractivity contribution in [3.63, 3.8) is 0 Å². The predicted octanol–water partition coefficient (Wildman–Crippen LogP) is 0.491. The smallest absolute Gasteiger partial charge is 0.235 e. The van der Waals surface area contributed by atoms with Gasteiger partial charge in [0.15, 0.2) is 0 Å². The van der Waals surface area contributed by atoms with Gasteiger partial charge in [-0.1, -0.05) is 20.8 Å². The van der Waals surface area contributed by atoms with Crippen molar-refractivity contribution in [2.45, 2.75) is 32.9 Å². The van der Waals surface area contributed by atoms with Crippen LogP contribution in [0.5, 0.6) is 0 Å². The standard InChI is InChI=1S/C11H24N2O2S/c1-8(2)6-13-11(14)10(4)16(15)7-9(3)5-12/h8-10H,5-7,12H2,1-4H3,(H,13,14). The molecule has 0 bridgehead atoms. The molecule has 4 nitrogen and oxygen atoms in total. The molecule has 0 aromatic heterocycles. The van der Waals surface area contributed by atoms with Gasteiger partial charge in [-0.3, -0.25) is 9.00 Å². The van der Waals surface area contributed by atoms with Gasteiger partial charge in [0.2, 0.25) is 5.91 Å². The highest BCUT2D eigenvalue weighted by molar-refractivity contribution is 7.86. The van der Waals surface area contributed by atoms with Crippen LogP contribution in [0, 0.1) is 11.8 Å². The summed E-state index contributed by atoms with van der Waals surface area (Å²) in [6, 6.07) is 0. The fourth-order valence-corrected chi connectivity index (χ4v) is 2.37. The Morgan fingerprint density at radius 2 is 1.88 bits per heavy atom. The summed E-state index contributed by atoms with van der Waals surface area (Å²) >= 11 is 0. The van der Waals surface area contributed by atoms with Crippen molar-refractivity contribution >= 4 is 16.7 Å². The number of hydrogen-bond acceptors (Lipinski definition) is 3.